The monoisotopic (exact) mass is 192 g/mol. The van der Waals surface area contributed by atoms with E-state index in [0.717, 1.165) is 23.1 Å². The first-order valence-corrected chi connectivity index (χ1v) is 4.39. The summed E-state index contributed by atoms with van der Waals surface area (Å²) in [5.41, 5.74) is 2.55. The van der Waals surface area contributed by atoms with Gasteiger partial charge in [-0.25, -0.2) is 9.18 Å². The molecule has 2 nitrogen and oxygen atoms in total. The molecule has 0 atom stereocenters. The molecule has 1 aliphatic carbocycles. The van der Waals surface area contributed by atoms with E-state index in [-0.39, 0.29) is 5.82 Å². The van der Waals surface area contributed by atoms with Gasteiger partial charge in [0.1, 0.15) is 5.82 Å². The Balaban J connectivity index is 2.45. The van der Waals surface area contributed by atoms with Gasteiger partial charge >= 0.3 is 5.97 Å². The first kappa shape index (κ1) is 8.94. The fourth-order valence-electron chi connectivity index (χ4n) is 1.79. The Morgan fingerprint density at radius 3 is 2.93 bits per heavy atom. The minimum absolute atomic E-state index is 0.264. The molecule has 1 aliphatic rings. The van der Waals surface area contributed by atoms with Crippen LogP contribution in [0.4, 0.5) is 4.39 Å². The van der Waals surface area contributed by atoms with Crippen LogP contribution in [0, 0.1) is 5.82 Å². The molecule has 2 rings (SSSR count). The Morgan fingerprint density at radius 2 is 2.21 bits per heavy atom. The van der Waals surface area contributed by atoms with E-state index in [4.69, 9.17) is 5.11 Å². The standard InChI is InChI=1S/C11H9FO2/c12-9-3-4-10-7(5-9)1-2-8(10)6-11(13)14/h3-6H,1-2H2,(H,13,14). The SMILES string of the molecule is O=C(O)C=C1CCc2cc(F)ccc21. The number of allylic oxidation sites excluding steroid dienone is 1. The molecule has 0 saturated carbocycles. The van der Waals surface area contributed by atoms with Crippen molar-refractivity contribution in [2.24, 2.45) is 0 Å². The van der Waals surface area contributed by atoms with E-state index < -0.39 is 5.97 Å². The van der Waals surface area contributed by atoms with Crippen molar-refractivity contribution in [1.29, 1.82) is 0 Å². The molecule has 0 fully saturated rings. The molecule has 3 heteroatoms. The van der Waals surface area contributed by atoms with Crippen molar-refractivity contribution >= 4 is 11.5 Å². The molecule has 0 saturated heterocycles. The molecule has 1 aromatic rings. The summed E-state index contributed by atoms with van der Waals surface area (Å²) >= 11 is 0. The number of aliphatic carboxylic acids is 1. The Labute approximate surface area is 80.7 Å². The highest BCUT2D eigenvalue weighted by Crippen LogP contribution is 2.32. The molecule has 0 unspecified atom stereocenters. The van der Waals surface area contributed by atoms with Gasteiger partial charge in [0.2, 0.25) is 0 Å². The zero-order chi connectivity index (χ0) is 10.1. The van der Waals surface area contributed by atoms with Gasteiger partial charge in [0.15, 0.2) is 0 Å². The van der Waals surface area contributed by atoms with E-state index in [2.05, 4.69) is 0 Å². The molecule has 0 heterocycles. The van der Waals surface area contributed by atoms with Gasteiger partial charge in [0.05, 0.1) is 0 Å². The maximum atomic E-state index is 12.8. The minimum Gasteiger partial charge on any atom is -0.478 e. The summed E-state index contributed by atoms with van der Waals surface area (Å²) in [5.74, 6) is -1.21. The highest BCUT2D eigenvalue weighted by Gasteiger charge is 2.17. The van der Waals surface area contributed by atoms with E-state index in [1.54, 1.807) is 6.07 Å². The van der Waals surface area contributed by atoms with E-state index in [9.17, 15) is 9.18 Å². The summed E-state index contributed by atoms with van der Waals surface area (Å²) < 4.78 is 12.8. The van der Waals surface area contributed by atoms with Gasteiger partial charge < -0.3 is 5.11 Å². The number of hydrogen-bond acceptors (Lipinski definition) is 1. The first-order valence-electron chi connectivity index (χ1n) is 4.39. The van der Waals surface area contributed by atoms with Crippen LogP contribution < -0.4 is 0 Å². The third-order valence-corrected chi connectivity index (χ3v) is 2.37. The summed E-state index contributed by atoms with van der Waals surface area (Å²) in [4.78, 5) is 10.5. The molecule has 0 radical (unpaired) electrons. The van der Waals surface area contributed by atoms with E-state index in [1.165, 1.54) is 18.2 Å². The molecule has 72 valence electrons. The number of fused-ring (bicyclic) bond motifs is 1. The molecule has 1 N–H and O–H groups in total. The minimum atomic E-state index is -0.947. The van der Waals surface area contributed by atoms with Crippen LogP contribution in [0.1, 0.15) is 17.5 Å². The smallest absolute Gasteiger partial charge is 0.328 e. The highest BCUT2D eigenvalue weighted by molar-refractivity contribution is 5.91. The van der Waals surface area contributed by atoms with E-state index in [0.29, 0.717) is 6.42 Å². The number of rotatable bonds is 1. The van der Waals surface area contributed by atoms with Crippen molar-refractivity contribution < 1.29 is 14.3 Å². The molecule has 0 amide bonds. The molecular formula is C11H9FO2. The van der Waals surface area contributed by atoms with Crippen molar-refractivity contribution in [3.8, 4) is 0 Å². The predicted octanol–water partition coefficient (Wildman–Crippen LogP) is 2.24. The lowest BCUT2D eigenvalue weighted by molar-refractivity contribution is -0.131. The Bertz CT molecular complexity index is 421. The number of halogens is 1. The van der Waals surface area contributed by atoms with E-state index in [1.807, 2.05) is 0 Å². The van der Waals surface area contributed by atoms with Gasteiger partial charge in [-0.3, -0.25) is 0 Å². The van der Waals surface area contributed by atoms with Crippen LogP contribution >= 0.6 is 0 Å². The fraction of sp³-hybridized carbons (Fsp3) is 0.182. The Morgan fingerprint density at radius 1 is 1.43 bits per heavy atom. The van der Waals surface area contributed by atoms with Crippen LogP contribution in [-0.4, -0.2) is 11.1 Å². The third-order valence-electron chi connectivity index (χ3n) is 2.37. The molecule has 0 bridgehead atoms. The summed E-state index contributed by atoms with van der Waals surface area (Å²) in [5, 5.41) is 8.60. The number of carboxylic acid groups (broad SMARTS) is 1. The lowest BCUT2D eigenvalue weighted by Crippen LogP contribution is -1.90. The zero-order valence-electron chi connectivity index (χ0n) is 7.46. The van der Waals surface area contributed by atoms with Gasteiger partial charge in [-0.1, -0.05) is 6.07 Å². The summed E-state index contributed by atoms with van der Waals surface area (Å²) in [7, 11) is 0. The number of aryl methyl sites for hydroxylation is 1. The van der Waals surface area contributed by atoms with Crippen LogP contribution in [0.2, 0.25) is 0 Å². The van der Waals surface area contributed by atoms with Gasteiger partial charge in [-0.15, -0.1) is 0 Å². The van der Waals surface area contributed by atoms with Gasteiger partial charge in [-0.05, 0) is 41.7 Å². The average Bonchev–Trinajstić information content (AvgIpc) is 2.47. The number of carbonyl (C=O) groups is 1. The van der Waals surface area contributed by atoms with Crippen LogP contribution in [0.15, 0.2) is 24.3 Å². The molecule has 0 spiro atoms. The fourth-order valence-corrected chi connectivity index (χ4v) is 1.79. The average molecular weight is 192 g/mol. The van der Waals surface area contributed by atoms with Crippen LogP contribution in [0.5, 0.6) is 0 Å². The first-order chi connectivity index (χ1) is 6.66. The predicted molar refractivity (Wildman–Crippen MR) is 50.3 cm³/mol. The Hall–Kier alpha value is -1.64. The van der Waals surface area contributed by atoms with Crippen LogP contribution in [-0.2, 0) is 11.2 Å². The topological polar surface area (TPSA) is 37.3 Å². The van der Waals surface area contributed by atoms with Gasteiger partial charge in [-0.2, -0.15) is 0 Å². The lowest BCUT2D eigenvalue weighted by Gasteiger charge is -1.99. The second-order valence-corrected chi connectivity index (χ2v) is 3.31. The summed E-state index contributed by atoms with van der Waals surface area (Å²) in [6, 6.07) is 4.48. The molecule has 0 aliphatic heterocycles. The Kier molecular flexibility index (Phi) is 2.08. The second-order valence-electron chi connectivity index (χ2n) is 3.31. The maximum absolute atomic E-state index is 12.8. The lowest BCUT2D eigenvalue weighted by atomic mass is 10.1. The number of benzene rings is 1. The largest absolute Gasteiger partial charge is 0.478 e. The normalized spacial score (nSPS) is 17.1. The maximum Gasteiger partial charge on any atom is 0.328 e. The quantitative estimate of drug-likeness (QED) is 0.693. The van der Waals surface area contributed by atoms with Gasteiger partial charge in [0, 0.05) is 6.08 Å². The second kappa shape index (κ2) is 3.25. The summed E-state index contributed by atoms with van der Waals surface area (Å²) in [6.07, 6.45) is 2.61. The molecule has 1 aromatic carbocycles. The molecular weight excluding hydrogens is 183 g/mol. The van der Waals surface area contributed by atoms with E-state index >= 15 is 0 Å². The van der Waals surface area contributed by atoms with Crippen molar-refractivity contribution in [1.82, 2.24) is 0 Å². The van der Waals surface area contributed by atoms with Crippen molar-refractivity contribution in [2.75, 3.05) is 0 Å². The highest BCUT2D eigenvalue weighted by atomic mass is 19.1. The molecule has 14 heavy (non-hydrogen) atoms. The van der Waals surface area contributed by atoms with Gasteiger partial charge in [0.25, 0.3) is 0 Å². The van der Waals surface area contributed by atoms with Crippen molar-refractivity contribution in [3.05, 3.63) is 41.2 Å². The van der Waals surface area contributed by atoms with Crippen LogP contribution in [0.3, 0.4) is 0 Å². The zero-order valence-corrected chi connectivity index (χ0v) is 7.46. The third kappa shape index (κ3) is 1.53. The van der Waals surface area contributed by atoms with Crippen LogP contribution in [0.25, 0.3) is 5.57 Å². The number of hydrogen-bond donors (Lipinski definition) is 1. The van der Waals surface area contributed by atoms with Crippen molar-refractivity contribution in [2.45, 2.75) is 12.8 Å². The summed E-state index contributed by atoms with van der Waals surface area (Å²) in [6.45, 7) is 0. The van der Waals surface area contributed by atoms with Crippen molar-refractivity contribution in [3.63, 3.8) is 0 Å². The molecule has 0 aromatic heterocycles. The number of carboxylic acids is 1.